The summed E-state index contributed by atoms with van der Waals surface area (Å²) in [5.74, 6) is 2.66. The molecular weight excluding hydrogens is 168 g/mol. The van der Waals surface area contributed by atoms with Gasteiger partial charge in [0.25, 0.3) is 5.91 Å². The Kier molecular flexibility index (Phi) is 2.64. The van der Waals surface area contributed by atoms with Crippen molar-refractivity contribution in [1.82, 2.24) is 5.43 Å². The van der Waals surface area contributed by atoms with Crippen LogP contribution in [-0.4, -0.2) is 51.3 Å². The van der Waals surface area contributed by atoms with Crippen LogP contribution in [0.4, 0.5) is 0 Å². The lowest BCUT2D eigenvalue weighted by atomic mass is 10.0. The van der Waals surface area contributed by atoms with E-state index in [4.69, 9.17) is 21.2 Å². The fourth-order valence-electron chi connectivity index (χ4n) is 0.965. The Morgan fingerprint density at radius 2 is 2.00 bits per heavy atom. The summed E-state index contributed by atoms with van der Waals surface area (Å²) in [5, 5.41) is 36.4. The van der Waals surface area contributed by atoms with Crippen LogP contribution in [0.1, 0.15) is 0 Å². The third kappa shape index (κ3) is 1.43. The van der Waals surface area contributed by atoms with E-state index in [1.165, 1.54) is 0 Å². The number of nitrogens with one attached hydrogen (secondary N) is 1. The predicted molar refractivity (Wildman–Crippen MR) is 36.2 cm³/mol. The van der Waals surface area contributed by atoms with Crippen molar-refractivity contribution >= 4 is 0 Å². The van der Waals surface area contributed by atoms with E-state index in [-0.39, 0.29) is 6.61 Å². The minimum absolute atomic E-state index is 0.307. The molecule has 0 aromatic carbocycles. The van der Waals surface area contributed by atoms with Crippen molar-refractivity contribution < 1.29 is 25.2 Å². The van der Waals surface area contributed by atoms with Gasteiger partial charge < -0.3 is 25.2 Å². The van der Waals surface area contributed by atoms with Crippen LogP contribution in [0.25, 0.3) is 0 Å². The van der Waals surface area contributed by atoms with E-state index in [0.29, 0.717) is 0 Å². The van der Waals surface area contributed by atoms with Gasteiger partial charge in [-0.15, -0.1) is 0 Å². The molecule has 0 bridgehead atoms. The molecule has 4 atom stereocenters. The number of rotatable bonds is 1. The van der Waals surface area contributed by atoms with Gasteiger partial charge in [-0.3, -0.25) is 5.84 Å². The summed E-state index contributed by atoms with van der Waals surface area (Å²) in [6.07, 6.45) is -4.40. The summed E-state index contributed by atoms with van der Waals surface area (Å²) in [6.45, 7) is -0.307. The van der Waals surface area contributed by atoms with Gasteiger partial charge >= 0.3 is 0 Å². The van der Waals surface area contributed by atoms with Gasteiger partial charge in [-0.05, 0) is 0 Å². The maximum atomic E-state index is 9.26. The van der Waals surface area contributed by atoms with Crippen LogP contribution in [0.5, 0.6) is 0 Å². The Morgan fingerprint density at radius 1 is 1.42 bits per heavy atom. The highest BCUT2D eigenvalue weighted by molar-refractivity contribution is 4.88. The van der Waals surface area contributed by atoms with Crippen molar-refractivity contribution in [3.8, 4) is 0 Å². The summed E-state index contributed by atoms with van der Waals surface area (Å²) in [7, 11) is 0. The van der Waals surface area contributed by atoms with E-state index >= 15 is 0 Å². The van der Waals surface area contributed by atoms with E-state index < -0.39 is 24.2 Å². The van der Waals surface area contributed by atoms with Gasteiger partial charge in [0.1, 0.15) is 12.2 Å². The van der Waals surface area contributed by atoms with Gasteiger partial charge in [-0.1, -0.05) is 0 Å². The van der Waals surface area contributed by atoms with Gasteiger partial charge in [0.2, 0.25) is 0 Å². The number of aliphatic hydroxyl groups excluding tert-OH is 3. The number of hydrogen-bond donors (Lipinski definition) is 6. The summed E-state index contributed by atoms with van der Waals surface area (Å²) >= 11 is 0. The summed E-state index contributed by atoms with van der Waals surface area (Å²) in [4.78, 5) is 0. The zero-order chi connectivity index (χ0) is 9.35. The largest absolute Gasteiger partial charge is 0.388 e. The van der Waals surface area contributed by atoms with Gasteiger partial charge in [-0.25, -0.2) is 5.43 Å². The van der Waals surface area contributed by atoms with E-state index in [9.17, 15) is 5.11 Å². The fourth-order valence-corrected chi connectivity index (χ4v) is 0.965. The molecule has 1 unspecified atom stereocenters. The Labute approximate surface area is 68.3 Å². The molecule has 0 radical (unpaired) electrons. The van der Waals surface area contributed by atoms with Crippen molar-refractivity contribution in [2.45, 2.75) is 24.2 Å². The molecular formula is C5H12N2O5. The zero-order valence-corrected chi connectivity index (χ0v) is 6.21. The molecule has 0 spiro atoms. The second-order valence-electron chi connectivity index (χ2n) is 2.65. The summed E-state index contributed by atoms with van der Waals surface area (Å²) in [5.41, 5.74) is 1.79. The third-order valence-corrected chi connectivity index (χ3v) is 1.80. The first-order valence-corrected chi connectivity index (χ1v) is 3.39. The zero-order valence-electron chi connectivity index (χ0n) is 6.21. The smallest absolute Gasteiger partial charge is 0.267 e. The predicted octanol–water partition coefficient (Wildman–Crippen LogP) is -3.79. The standard InChI is InChI=1S/C5H12N2O5/c6-7-5(11)4(10)3(9)2(8)1-12-5/h2-4,7-11H,1,6H2/t2-,3+,4-,5?/m1/s1. The number of hydrogen-bond acceptors (Lipinski definition) is 7. The van der Waals surface area contributed by atoms with Crippen molar-refractivity contribution in [1.29, 1.82) is 0 Å². The molecule has 72 valence electrons. The van der Waals surface area contributed by atoms with Gasteiger partial charge in [0.15, 0.2) is 6.10 Å². The number of nitrogens with two attached hydrogens (primary N) is 1. The molecule has 0 saturated carbocycles. The number of aliphatic hydroxyl groups is 4. The second kappa shape index (κ2) is 3.23. The Bertz CT molecular complexity index is 168. The monoisotopic (exact) mass is 180 g/mol. The van der Waals surface area contributed by atoms with Crippen LogP contribution in [0.15, 0.2) is 0 Å². The molecule has 7 N–H and O–H groups in total. The first kappa shape index (κ1) is 9.81. The average Bonchev–Trinajstić information content (AvgIpc) is 2.09. The molecule has 1 aliphatic heterocycles. The Morgan fingerprint density at radius 3 is 2.50 bits per heavy atom. The molecule has 1 heterocycles. The lowest BCUT2D eigenvalue weighted by Gasteiger charge is -2.40. The number of ether oxygens (including phenoxy) is 1. The van der Waals surface area contributed by atoms with E-state index in [0.717, 1.165) is 0 Å². The summed E-state index contributed by atoms with van der Waals surface area (Å²) < 4.78 is 4.57. The number of hydrazine groups is 1. The van der Waals surface area contributed by atoms with Crippen LogP contribution in [0.3, 0.4) is 0 Å². The highest BCUT2D eigenvalue weighted by Gasteiger charge is 2.48. The lowest BCUT2D eigenvalue weighted by molar-refractivity contribution is -0.335. The van der Waals surface area contributed by atoms with E-state index in [2.05, 4.69) is 4.74 Å². The first-order chi connectivity index (χ1) is 5.51. The van der Waals surface area contributed by atoms with Crippen molar-refractivity contribution in [3.05, 3.63) is 0 Å². The summed E-state index contributed by atoms with van der Waals surface area (Å²) in [6, 6.07) is 0. The topological polar surface area (TPSA) is 128 Å². The van der Waals surface area contributed by atoms with Crippen molar-refractivity contribution in [3.63, 3.8) is 0 Å². The highest BCUT2D eigenvalue weighted by atomic mass is 16.7. The third-order valence-electron chi connectivity index (χ3n) is 1.80. The van der Waals surface area contributed by atoms with Crippen molar-refractivity contribution in [2.24, 2.45) is 5.84 Å². The minimum Gasteiger partial charge on any atom is -0.388 e. The van der Waals surface area contributed by atoms with E-state index in [1.807, 2.05) is 0 Å². The quantitative estimate of drug-likeness (QED) is 0.139. The molecule has 1 fully saturated rings. The average molecular weight is 180 g/mol. The molecule has 0 aromatic rings. The molecule has 0 aromatic heterocycles. The lowest BCUT2D eigenvalue weighted by Crippen LogP contribution is -2.68. The van der Waals surface area contributed by atoms with Gasteiger partial charge in [0, 0.05) is 0 Å². The Balaban J connectivity index is 2.71. The molecule has 7 heteroatoms. The van der Waals surface area contributed by atoms with Crippen LogP contribution in [0, 0.1) is 0 Å². The molecule has 12 heavy (non-hydrogen) atoms. The Hall–Kier alpha value is -0.280. The second-order valence-corrected chi connectivity index (χ2v) is 2.65. The van der Waals surface area contributed by atoms with Crippen LogP contribution in [-0.2, 0) is 4.74 Å². The van der Waals surface area contributed by atoms with Gasteiger partial charge in [0.05, 0.1) is 6.61 Å². The molecule has 0 amide bonds. The minimum atomic E-state index is -2.20. The maximum Gasteiger partial charge on any atom is 0.267 e. The molecule has 1 rings (SSSR count). The molecule has 0 aliphatic carbocycles. The van der Waals surface area contributed by atoms with Crippen LogP contribution in [0.2, 0.25) is 0 Å². The van der Waals surface area contributed by atoms with Crippen molar-refractivity contribution in [2.75, 3.05) is 6.61 Å². The fraction of sp³-hybridized carbons (Fsp3) is 1.00. The molecule has 1 aliphatic rings. The van der Waals surface area contributed by atoms with Gasteiger partial charge in [-0.2, -0.15) is 0 Å². The highest BCUT2D eigenvalue weighted by Crippen LogP contribution is 2.20. The van der Waals surface area contributed by atoms with Crippen LogP contribution >= 0.6 is 0 Å². The molecule has 7 nitrogen and oxygen atoms in total. The molecule has 1 saturated heterocycles. The normalized spacial score (nSPS) is 49.2. The van der Waals surface area contributed by atoms with Crippen LogP contribution < -0.4 is 11.3 Å². The maximum absolute atomic E-state index is 9.26. The first-order valence-electron chi connectivity index (χ1n) is 3.39. The SMILES string of the molecule is NNC1(O)OC[C@@H](O)[C@H](O)[C@H]1O. The van der Waals surface area contributed by atoms with E-state index in [1.54, 1.807) is 5.43 Å².